The zero-order valence-electron chi connectivity index (χ0n) is 12.5. The summed E-state index contributed by atoms with van der Waals surface area (Å²) >= 11 is 0. The van der Waals surface area contributed by atoms with E-state index >= 15 is 0 Å². The lowest BCUT2D eigenvalue weighted by Gasteiger charge is -2.38. The molecule has 1 aliphatic rings. The van der Waals surface area contributed by atoms with Crippen LogP contribution in [-0.2, 0) is 9.53 Å². The van der Waals surface area contributed by atoms with E-state index in [-0.39, 0.29) is 12.6 Å². The minimum absolute atomic E-state index is 0.110. The van der Waals surface area contributed by atoms with E-state index in [0.717, 1.165) is 31.9 Å². The number of aromatic nitrogens is 1. The molecule has 2 heterocycles. The molecule has 0 N–H and O–H groups in total. The number of pyridine rings is 1. The van der Waals surface area contributed by atoms with Crippen LogP contribution in [0.1, 0.15) is 18.7 Å². The van der Waals surface area contributed by atoms with Gasteiger partial charge in [-0.1, -0.05) is 6.07 Å². The molecule has 0 bridgehead atoms. The molecule has 21 heavy (non-hydrogen) atoms. The molecule has 1 aliphatic heterocycles. The number of piperazine rings is 1. The first-order valence-corrected chi connectivity index (χ1v) is 7.21. The first-order valence-electron chi connectivity index (χ1n) is 7.21. The van der Waals surface area contributed by atoms with Crippen molar-refractivity contribution < 1.29 is 13.9 Å². The van der Waals surface area contributed by atoms with Gasteiger partial charge in [0.25, 0.3) is 0 Å². The third-order valence-electron chi connectivity index (χ3n) is 3.95. The summed E-state index contributed by atoms with van der Waals surface area (Å²) in [6.45, 7) is 5.41. The Bertz CT molecular complexity index is 449. The van der Waals surface area contributed by atoms with Crippen molar-refractivity contribution in [3.63, 3.8) is 0 Å². The molecule has 0 saturated carbocycles. The molecule has 6 heteroatoms. The van der Waals surface area contributed by atoms with Crippen LogP contribution in [-0.4, -0.2) is 66.8 Å². The minimum Gasteiger partial charge on any atom is -0.467 e. The van der Waals surface area contributed by atoms with Crippen molar-refractivity contribution >= 4 is 5.97 Å². The maximum Gasteiger partial charge on any atom is 0.341 e. The summed E-state index contributed by atoms with van der Waals surface area (Å²) in [5, 5.41) is 0. The van der Waals surface area contributed by atoms with Crippen LogP contribution in [0.3, 0.4) is 0 Å². The van der Waals surface area contributed by atoms with Crippen LogP contribution in [0.4, 0.5) is 4.39 Å². The molecule has 1 fully saturated rings. The van der Waals surface area contributed by atoms with Gasteiger partial charge in [-0.15, -0.1) is 0 Å². The van der Waals surface area contributed by atoms with E-state index in [1.807, 2.05) is 23.1 Å². The molecular formula is C15H22FN3O2. The molecule has 1 aromatic rings. The molecular weight excluding hydrogens is 273 g/mol. The van der Waals surface area contributed by atoms with E-state index in [9.17, 15) is 9.18 Å². The number of hydrogen-bond donors (Lipinski definition) is 0. The highest BCUT2D eigenvalue weighted by atomic mass is 19.1. The van der Waals surface area contributed by atoms with Gasteiger partial charge >= 0.3 is 5.97 Å². The Morgan fingerprint density at radius 1 is 1.38 bits per heavy atom. The van der Waals surface area contributed by atoms with E-state index in [1.54, 1.807) is 6.20 Å². The predicted molar refractivity (Wildman–Crippen MR) is 77.6 cm³/mol. The zero-order chi connectivity index (χ0) is 15.2. The van der Waals surface area contributed by atoms with Crippen LogP contribution in [0, 0.1) is 0 Å². The Morgan fingerprint density at radius 3 is 2.67 bits per heavy atom. The summed E-state index contributed by atoms with van der Waals surface area (Å²) < 4.78 is 18.0. The fourth-order valence-electron chi connectivity index (χ4n) is 2.57. The standard InChI is InChI=1S/C15H22FN3O2/c1-12(14-5-3-4-6-17-14)19-9-7-18(8-10-19)11-13(16)15(20)21-2/h3-6,12-13H,7-11H2,1-2H3/t12-,13+/m0/s1. The monoisotopic (exact) mass is 295 g/mol. The molecule has 0 unspecified atom stereocenters. The second-order valence-corrected chi connectivity index (χ2v) is 5.26. The third kappa shape index (κ3) is 4.22. The second-order valence-electron chi connectivity index (χ2n) is 5.26. The van der Waals surface area contributed by atoms with E-state index < -0.39 is 12.1 Å². The van der Waals surface area contributed by atoms with Gasteiger partial charge in [0.15, 0.2) is 0 Å². The maximum atomic E-state index is 13.6. The summed E-state index contributed by atoms with van der Waals surface area (Å²) in [4.78, 5) is 19.8. The average Bonchev–Trinajstić information content (AvgIpc) is 2.55. The van der Waals surface area contributed by atoms with Crippen LogP contribution >= 0.6 is 0 Å². The van der Waals surface area contributed by atoms with Gasteiger partial charge < -0.3 is 4.74 Å². The van der Waals surface area contributed by atoms with Crippen molar-refractivity contribution in [2.24, 2.45) is 0 Å². The Morgan fingerprint density at radius 2 is 2.10 bits per heavy atom. The summed E-state index contributed by atoms with van der Waals surface area (Å²) in [6.07, 6.45) is 0.237. The van der Waals surface area contributed by atoms with Crippen molar-refractivity contribution in [2.75, 3.05) is 39.8 Å². The number of methoxy groups -OCH3 is 1. The number of ether oxygens (including phenoxy) is 1. The highest BCUT2D eigenvalue weighted by molar-refractivity contribution is 5.74. The first-order chi connectivity index (χ1) is 10.1. The zero-order valence-corrected chi connectivity index (χ0v) is 12.5. The lowest BCUT2D eigenvalue weighted by molar-refractivity contribution is -0.147. The smallest absolute Gasteiger partial charge is 0.341 e. The number of halogens is 1. The Labute approximate surface area is 124 Å². The van der Waals surface area contributed by atoms with Gasteiger partial charge in [-0.2, -0.15) is 0 Å². The molecule has 1 aromatic heterocycles. The van der Waals surface area contributed by atoms with E-state index in [4.69, 9.17) is 0 Å². The average molecular weight is 295 g/mol. The molecule has 1 saturated heterocycles. The van der Waals surface area contributed by atoms with E-state index in [0.29, 0.717) is 0 Å². The van der Waals surface area contributed by atoms with Crippen LogP contribution in [0.2, 0.25) is 0 Å². The fourth-order valence-corrected chi connectivity index (χ4v) is 2.57. The quantitative estimate of drug-likeness (QED) is 0.766. The highest BCUT2D eigenvalue weighted by Gasteiger charge is 2.26. The SMILES string of the molecule is COC(=O)[C@H](F)CN1CCN([C@@H](C)c2ccccn2)CC1. The van der Waals surface area contributed by atoms with E-state index in [1.165, 1.54) is 7.11 Å². The predicted octanol–water partition coefficient (Wildman–Crippen LogP) is 1.27. The topological polar surface area (TPSA) is 45.7 Å². The highest BCUT2D eigenvalue weighted by Crippen LogP contribution is 2.19. The van der Waals surface area contributed by atoms with Gasteiger partial charge in [0, 0.05) is 45.0 Å². The maximum absolute atomic E-state index is 13.6. The fraction of sp³-hybridized carbons (Fsp3) is 0.600. The van der Waals surface area contributed by atoms with Crippen LogP contribution in [0.5, 0.6) is 0 Å². The summed E-state index contributed by atoms with van der Waals surface area (Å²) in [7, 11) is 1.21. The molecule has 0 amide bonds. The normalized spacial score (nSPS) is 20.0. The number of hydrogen-bond acceptors (Lipinski definition) is 5. The van der Waals surface area contributed by atoms with Gasteiger partial charge in [0.05, 0.1) is 12.8 Å². The molecule has 0 radical (unpaired) electrons. The summed E-state index contributed by atoms with van der Waals surface area (Å²) in [5.74, 6) is -0.792. The van der Waals surface area contributed by atoms with Gasteiger partial charge in [-0.25, -0.2) is 9.18 Å². The Kier molecular flexibility index (Phi) is 5.64. The van der Waals surface area contributed by atoms with Crippen LogP contribution in [0.25, 0.3) is 0 Å². The minimum atomic E-state index is -1.56. The molecule has 2 rings (SSSR count). The molecule has 0 aromatic carbocycles. The number of esters is 1. The number of rotatable bonds is 5. The number of carbonyl (C=O) groups is 1. The van der Waals surface area contributed by atoms with Gasteiger partial charge in [0.2, 0.25) is 6.17 Å². The molecule has 5 nitrogen and oxygen atoms in total. The number of nitrogens with zero attached hydrogens (tertiary/aromatic N) is 3. The Hall–Kier alpha value is -1.53. The molecule has 2 atom stereocenters. The number of alkyl halides is 1. The lowest BCUT2D eigenvalue weighted by atomic mass is 10.1. The third-order valence-corrected chi connectivity index (χ3v) is 3.95. The second kappa shape index (κ2) is 7.47. The molecule has 0 spiro atoms. The van der Waals surface area contributed by atoms with Crippen molar-refractivity contribution in [2.45, 2.75) is 19.1 Å². The van der Waals surface area contributed by atoms with Gasteiger partial charge in [-0.05, 0) is 19.1 Å². The van der Waals surface area contributed by atoms with Crippen LogP contribution < -0.4 is 0 Å². The summed E-state index contributed by atoms with van der Waals surface area (Å²) in [5.41, 5.74) is 1.05. The van der Waals surface area contributed by atoms with Crippen LogP contribution in [0.15, 0.2) is 24.4 Å². The number of carbonyl (C=O) groups excluding carboxylic acids is 1. The summed E-state index contributed by atoms with van der Waals surface area (Å²) in [6, 6.07) is 6.16. The first kappa shape index (κ1) is 15.9. The van der Waals surface area contributed by atoms with E-state index in [2.05, 4.69) is 21.5 Å². The van der Waals surface area contributed by atoms with Crippen molar-refractivity contribution in [1.29, 1.82) is 0 Å². The molecule has 116 valence electrons. The van der Waals surface area contributed by atoms with Gasteiger partial charge in [-0.3, -0.25) is 14.8 Å². The van der Waals surface area contributed by atoms with Crippen molar-refractivity contribution in [3.8, 4) is 0 Å². The van der Waals surface area contributed by atoms with Crippen molar-refractivity contribution in [1.82, 2.24) is 14.8 Å². The largest absolute Gasteiger partial charge is 0.467 e. The van der Waals surface area contributed by atoms with Crippen molar-refractivity contribution in [3.05, 3.63) is 30.1 Å². The lowest BCUT2D eigenvalue weighted by Crippen LogP contribution is -2.49. The van der Waals surface area contributed by atoms with Gasteiger partial charge in [0.1, 0.15) is 0 Å². The Balaban J connectivity index is 1.82. The molecule has 0 aliphatic carbocycles.